The fraction of sp³-hybridized carbons (Fsp3) is 0.375. The number of carbonyl (C=O) groups is 3. The molecule has 0 unspecified atom stereocenters. The van der Waals surface area contributed by atoms with Crippen LogP contribution in [0.15, 0.2) is 29.4 Å². The topological polar surface area (TPSA) is 97.3 Å². The molecule has 1 saturated heterocycles. The predicted octanol–water partition coefficient (Wildman–Crippen LogP) is 0.997. The van der Waals surface area contributed by atoms with Crippen molar-refractivity contribution in [2.24, 2.45) is 5.16 Å². The molecule has 0 aliphatic carbocycles. The van der Waals surface area contributed by atoms with Gasteiger partial charge in [-0.3, -0.25) is 14.5 Å². The summed E-state index contributed by atoms with van der Waals surface area (Å²) in [7, 11) is 1.20. The van der Waals surface area contributed by atoms with E-state index in [-0.39, 0.29) is 0 Å². The van der Waals surface area contributed by atoms with Gasteiger partial charge in [-0.15, -0.1) is 0 Å². The van der Waals surface area contributed by atoms with Crippen LogP contribution in [0.25, 0.3) is 0 Å². The van der Waals surface area contributed by atoms with Crippen LogP contribution >= 0.6 is 0 Å². The normalized spacial score (nSPS) is 20.4. The number of ether oxygens (including phenoxy) is 1. The first kappa shape index (κ1) is 17.5. The molecule has 0 saturated carbocycles. The molecule has 0 radical (unpaired) electrons. The fourth-order valence-corrected chi connectivity index (χ4v) is 2.31. The number of nitrogens with zero attached hydrogens (tertiary/aromatic N) is 2. The second-order valence-electron chi connectivity index (χ2n) is 5.30. The molecule has 8 heteroatoms. The summed E-state index contributed by atoms with van der Waals surface area (Å²) in [6.07, 6.45) is 1.55. The Bertz CT molecular complexity index is 671. The first-order valence-corrected chi connectivity index (χ1v) is 7.39. The minimum atomic E-state index is -1.24. The standard InChI is InChI=1S/C16H19N3O5/c1-4-24-17-9-11-5-7-12(8-6-11)16(2)14(21)19(15(22)18-16)10-13(20)23-3/h5-9H,4,10H2,1-3H3,(H,18,22)/t16-/m1/s1. The number of imide groups is 1. The summed E-state index contributed by atoms with van der Waals surface area (Å²) in [6.45, 7) is 3.47. The molecule has 0 spiro atoms. The average Bonchev–Trinajstić information content (AvgIpc) is 2.79. The Morgan fingerprint density at radius 1 is 1.33 bits per heavy atom. The Balaban J connectivity index is 2.20. The van der Waals surface area contributed by atoms with Gasteiger partial charge in [-0.25, -0.2) is 4.79 Å². The molecule has 2 rings (SSSR count). The minimum absolute atomic E-state index is 0.421. The lowest BCUT2D eigenvalue weighted by Crippen LogP contribution is -2.41. The predicted molar refractivity (Wildman–Crippen MR) is 85.3 cm³/mol. The van der Waals surface area contributed by atoms with Crippen molar-refractivity contribution < 1.29 is 24.0 Å². The number of rotatable bonds is 6. The van der Waals surface area contributed by atoms with E-state index in [1.165, 1.54) is 7.11 Å². The van der Waals surface area contributed by atoms with Crippen LogP contribution in [-0.4, -0.2) is 49.3 Å². The van der Waals surface area contributed by atoms with Gasteiger partial charge in [0.2, 0.25) is 0 Å². The molecule has 1 aromatic rings. The molecular formula is C16H19N3O5. The number of esters is 1. The first-order valence-electron chi connectivity index (χ1n) is 7.39. The van der Waals surface area contributed by atoms with Crippen LogP contribution in [0.4, 0.5) is 4.79 Å². The molecule has 0 aromatic heterocycles. The van der Waals surface area contributed by atoms with Crippen molar-refractivity contribution in [2.45, 2.75) is 19.4 Å². The van der Waals surface area contributed by atoms with Gasteiger partial charge in [-0.1, -0.05) is 29.4 Å². The number of hydrogen-bond donors (Lipinski definition) is 1. The second kappa shape index (κ2) is 7.12. The van der Waals surface area contributed by atoms with E-state index in [4.69, 9.17) is 4.84 Å². The molecule has 1 fully saturated rings. The summed E-state index contributed by atoms with van der Waals surface area (Å²) in [6, 6.07) is 6.31. The van der Waals surface area contributed by atoms with E-state index in [0.29, 0.717) is 12.2 Å². The van der Waals surface area contributed by atoms with Gasteiger partial charge in [0.1, 0.15) is 18.7 Å². The Hall–Kier alpha value is -2.90. The van der Waals surface area contributed by atoms with E-state index >= 15 is 0 Å². The lowest BCUT2D eigenvalue weighted by Gasteiger charge is -2.22. The van der Waals surface area contributed by atoms with Crippen molar-refractivity contribution in [2.75, 3.05) is 20.3 Å². The third-order valence-corrected chi connectivity index (χ3v) is 3.68. The number of urea groups is 1. The van der Waals surface area contributed by atoms with E-state index in [9.17, 15) is 14.4 Å². The molecular weight excluding hydrogens is 314 g/mol. The van der Waals surface area contributed by atoms with Crippen LogP contribution in [0.1, 0.15) is 25.0 Å². The summed E-state index contributed by atoms with van der Waals surface area (Å²) in [5.41, 5.74) is 0.154. The van der Waals surface area contributed by atoms with Crippen molar-refractivity contribution >= 4 is 24.1 Å². The Kier molecular flexibility index (Phi) is 5.18. The first-order chi connectivity index (χ1) is 11.4. The molecule has 1 aliphatic heterocycles. The van der Waals surface area contributed by atoms with E-state index < -0.39 is 30.0 Å². The number of carbonyl (C=O) groups excluding carboxylic acids is 3. The van der Waals surface area contributed by atoms with Gasteiger partial charge < -0.3 is 14.9 Å². The smallest absolute Gasteiger partial charge is 0.325 e. The van der Waals surface area contributed by atoms with Gasteiger partial charge in [-0.05, 0) is 25.0 Å². The molecule has 24 heavy (non-hydrogen) atoms. The van der Waals surface area contributed by atoms with Crippen LogP contribution in [0, 0.1) is 0 Å². The van der Waals surface area contributed by atoms with E-state index in [2.05, 4.69) is 15.2 Å². The van der Waals surface area contributed by atoms with Crippen LogP contribution in [0.2, 0.25) is 0 Å². The molecule has 1 atom stereocenters. The average molecular weight is 333 g/mol. The number of benzene rings is 1. The van der Waals surface area contributed by atoms with Gasteiger partial charge in [0.15, 0.2) is 0 Å². The summed E-state index contributed by atoms with van der Waals surface area (Å²) in [5.74, 6) is -1.17. The Labute approximate surface area is 139 Å². The molecule has 128 valence electrons. The zero-order valence-electron chi connectivity index (χ0n) is 13.7. The highest BCUT2D eigenvalue weighted by Gasteiger charge is 2.49. The van der Waals surface area contributed by atoms with Gasteiger partial charge in [-0.2, -0.15) is 0 Å². The number of methoxy groups -OCH3 is 1. The maximum atomic E-state index is 12.6. The highest BCUT2D eigenvalue weighted by molar-refractivity contribution is 6.08. The summed E-state index contributed by atoms with van der Waals surface area (Å²) in [4.78, 5) is 41.7. The third kappa shape index (κ3) is 3.37. The Morgan fingerprint density at radius 2 is 2.00 bits per heavy atom. The summed E-state index contributed by atoms with van der Waals surface area (Å²) >= 11 is 0. The highest BCUT2D eigenvalue weighted by Crippen LogP contribution is 2.28. The molecule has 1 N–H and O–H groups in total. The van der Waals surface area contributed by atoms with Crippen molar-refractivity contribution in [3.63, 3.8) is 0 Å². The van der Waals surface area contributed by atoms with Crippen LogP contribution in [0.5, 0.6) is 0 Å². The SMILES string of the molecule is CCON=Cc1ccc([C@@]2(C)NC(=O)N(CC(=O)OC)C2=O)cc1. The summed E-state index contributed by atoms with van der Waals surface area (Å²) < 4.78 is 4.51. The lowest BCUT2D eigenvalue weighted by molar-refractivity contribution is -0.145. The lowest BCUT2D eigenvalue weighted by atomic mass is 9.91. The van der Waals surface area contributed by atoms with Gasteiger partial charge >= 0.3 is 12.0 Å². The monoisotopic (exact) mass is 333 g/mol. The van der Waals surface area contributed by atoms with Crippen molar-refractivity contribution in [1.29, 1.82) is 0 Å². The van der Waals surface area contributed by atoms with Crippen LogP contribution in [-0.2, 0) is 24.7 Å². The zero-order valence-corrected chi connectivity index (χ0v) is 13.7. The minimum Gasteiger partial charge on any atom is -0.468 e. The number of hydrogen-bond acceptors (Lipinski definition) is 6. The largest absolute Gasteiger partial charge is 0.468 e. The van der Waals surface area contributed by atoms with Gasteiger partial charge in [0.25, 0.3) is 5.91 Å². The quantitative estimate of drug-likeness (QED) is 0.362. The maximum absolute atomic E-state index is 12.6. The zero-order chi connectivity index (χ0) is 17.7. The number of nitrogens with one attached hydrogen (secondary N) is 1. The van der Waals surface area contributed by atoms with E-state index in [1.54, 1.807) is 37.4 Å². The van der Waals surface area contributed by atoms with Gasteiger partial charge in [0.05, 0.1) is 13.3 Å². The van der Waals surface area contributed by atoms with E-state index in [0.717, 1.165) is 10.5 Å². The molecule has 1 aliphatic rings. The molecule has 8 nitrogen and oxygen atoms in total. The van der Waals surface area contributed by atoms with E-state index in [1.807, 2.05) is 6.92 Å². The molecule has 3 amide bonds. The maximum Gasteiger partial charge on any atom is 0.325 e. The van der Waals surface area contributed by atoms with Crippen molar-refractivity contribution in [3.8, 4) is 0 Å². The fourth-order valence-electron chi connectivity index (χ4n) is 2.31. The number of oxime groups is 1. The van der Waals surface area contributed by atoms with Gasteiger partial charge in [0, 0.05) is 0 Å². The summed E-state index contributed by atoms with van der Waals surface area (Å²) in [5, 5.41) is 6.38. The second-order valence-corrected chi connectivity index (χ2v) is 5.30. The molecule has 1 heterocycles. The van der Waals surface area contributed by atoms with Crippen molar-refractivity contribution in [3.05, 3.63) is 35.4 Å². The van der Waals surface area contributed by atoms with Crippen LogP contribution in [0.3, 0.4) is 0 Å². The van der Waals surface area contributed by atoms with Crippen LogP contribution < -0.4 is 5.32 Å². The molecule has 1 aromatic carbocycles. The number of amides is 3. The Morgan fingerprint density at radius 3 is 2.58 bits per heavy atom. The third-order valence-electron chi connectivity index (χ3n) is 3.68. The highest BCUT2D eigenvalue weighted by atomic mass is 16.6. The van der Waals surface area contributed by atoms with Crippen molar-refractivity contribution in [1.82, 2.24) is 10.2 Å². The molecule has 0 bridgehead atoms.